The Morgan fingerprint density at radius 3 is 2.36 bits per heavy atom. The highest BCUT2D eigenvalue weighted by Gasteiger charge is 2.05. The van der Waals surface area contributed by atoms with E-state index in [1.54, 1.807) is 6.07 Å². The van der Waals surface area contributed by atoms with Gasteiger partial charge in [0.15, 0.2) is 11.1 Å². The van der Waals surface area contributed by atoms with Gasteiger partial charge in [0.1, 0.15) is 4.21 Å². The zero-order valence-corrected chi connectivity index (χ0v) is 8.85. The molecule has 1 heterocycles. The molecule has 0 saturated carbocycles. The van der Waals surface area contributed by atoms with Crippen LogP contribution in [-0.4, -0.2) is 8.76 Å². The molecule has 1 N–H and O–H groups in total. The molecule has 0 radical (unpaired) electrons. The van der Waals surface area contributed by atoms with E-state index in [9.17, 15) is 4.21 Å². The summed E-state index contributed by atoms with van der Waals surface area (Å²) in [5.41, 5.74) is 1.08. The fourth-order valence-corrected chi connectivity index (χ4v) is 2.65. The fraction of sp³-hybridized carbons (Fsp3) is 0. The third-order valence-electron chi connectivity index (χ3n) is 1.81. The Morgan fingerprint density at radius 1 is 1.07 bits per heavy atom. The molecule has 0 saturated heterocycles. The molecule has 0 spiro atoms. The van der Waals surface area contributed by atoms with Crippen LogP contribution in [0, 0.1) is 0 Å². The monoisotopic (exact) mass is 224 g/mol. The lowest BCUT2D eigenvalue weighted by atomic mass is 10.2. The van der Waals surface area contributed by atoms with Gasteiger partial charge in [0, 0.05) is 4.88 Å². The van der Waals surface area contributed by atoms with Crippen molar-refractivity contribution >= 4 is 22.4 Å². The molecule has 1 atom stereocenters. The Labute approximate surface area is 88.5 Å². The number of rotatable bonds is 2. The largest absolute Gasteiger partial charge is 0.302 e. The molecule has 0 aliphatic rings. The van der Waals surface area contributed by atoms with Crippen LogP contribution in [0.3, 0.4) is 0 Å². The second-order valence-corrected chi connectivity index (χ2v) is 5.01. The summed E-state index contributed by atoms with van der Waals surface area (Å²) < 4.78 is 20.1. The van der Waals surface area contributed by atoms with Crippen LogP contribution >= 0.6 is 11.3 Å². The van der Waals surface area contributed by atoms with Crippen molar-refractivity contribution in [2.24, 2.45) is 0 Å². The maximum absolute atomic E-state index is 10.8. The Kier molecular flexibility index (Phi) is 2.77. The van der Waals surface area contributed by atoms with E-state index < -0.39 is 11.1 Å². The van der Waals surface area contributed by atoms with Crippen molar-refractivity contribution < 1.29 is 8.76 Å². The van der Waals surface area contributed by atoms with Gasteiger partial charge in [-0.25, -0.2) is 4.21 Å². The maximum atomic E-state index is 10.8. The van der Waals surface area contributed by atoms with Crippen LogP contribution in [0.5, 0.6) is 0 Å². The molecule has 0 aliphatic heterocycles. The Bertz CT molecular complexity index is 448. The van der Waals surface area contributed by atoms with Crippen LogP contribution < -0.4 is 0 Å². The number of hydrogen-bond donors (Lipinski definition) is 1. The third kappa shape index (κ3) is 1.92. The molecular formula is C10H8O2S2. The van der Waals surface area contributed by atoms with Crippen LogP contribution in [-0.2, 0) is 11.1 Å². The molecule has 2 rings (SSSR count). The average molecular weight is 224 g/mol. The van der Waals surface area contributed by atoms with E-state index in [4.69, 9.17) is 4.55 Å². The molecule has 72 valence electrons. The Hall–Kier alpha value is -0.970. The predicted octanol–water partition coefficient (Wildman–Crippen LogP) is 3.00. The molecule has 14 heavy (non-hydrogen) atoms. The minimum absolute atomic E-state index is 0.490. The van der Waals surface area contributed by atoms with Crippen LogP contribution in [0.1, 0.15) is 0 Å². The lowest BCUT2D eigenvalue weighted by molar-refractivity contribution is 0.566. The molecule has 0 amide bonds. The molecule has 4 heteroatoms. The van der Waals surface area contributed by atoms with Gasteiger partial charge in [-0.1, -0.05) is 30.3 Å². The minimum Gasteiger partial charge on any atom is -0.302 e. The van der Waals surface area contributed by atoms with Crippen LogP contribution in [0.25, 0.3) is 10.4 Å². The van der Waals surface area contributed by atoms with Crippen molar-refractivity contribution in [3.8, 4) is 10.4 Å². The highest BCUT2D eigenvalue weighted by molar-refractivity contribution is 7.81. The van der Waals surface area contributed by atoms with E-state index in [1.807, 2.05) is 36.4 Å². The van der Waals surface area contributed by atoms with Crippen molar-refractivity contribution in [1.82, 2.24) is 0 Å². The standard InChI is InChI=1S/C10H8O2S2/c11-14(12)10-7-6-9(13-10)8-4-2-1-3-5-8/h1-7H,(H,11,12). The first-order chi connectivity index (χ1) is 6.77. The normalized spacial score (nSPS) is 12.6. The number of thiophene rings is 1. The second-order valence-electron chi connectivity index (χ2n) is 2.73. The van der Waals surface area contributed by atoms with Gasteiger partial charge in [0.2, 0.25) is 0 Å². The van der Waals surface area contributed by atoms with E-state index in [2.05, 4.69) is 0 Å². The fourth-order valence-electron chi connectivity index (χ4n) is 1.17. The molecule has 1 aromatic heterocycles. The highest BCUT2D eigenvalue weighted by Crippen LogP contribution is 2.29. The van der Waals surface area contributed by atoms with Gasteiger partial charge in [-0.15, -0.1) is 11.3 Å². The maximum Gasteiger partial charge on any atom is 0.196 e. The third-order valence-corrected chi connectivity index (χ3v) is 3.90. The molecule has 2 nitrogen and oxygen atoms in total. The summed E-state index contributed by atoms with van der Waals surface area (Å²) in [6, 6.07) is 13.4. The van der Waals surface area contributed by atoms with Crippen molar-refractivity contribution in [3.05, 3.63) is 42.5 Å². The topological polar surface area (TPSA) is 37.3 Å². The van der Waals surface area contributed by atoms with Gasteiger partial charge < -0.3 is 4.55 Å². The summed E-state index contributed by atoms with van der Waals surface area (Å²) in [5, 5.41) is 0. The summed E-state index contributed by atoms with van der Waals surface area (Å²) >= 11 is -0.519. The SMILES string of the molecule is O=S(O)c1ccc(-c2ccccc2)s1. The average Bonchev–Trinajstić information content (AvgIpc) is 2.68. The number of hydrogen-bond acceptors (Lipinski definition) is 2. The molecule has 0 bridgehead atoms. The van der Waals surface area contributed by atoms with E-state index in [1.165, 1.54) is 11.3 Å². The summed E-state index contributed by atoms with van der Waals surface area (Å²) in [6.45, 7) is 0. The van der Waals surface area contributed by atoms with Gasteiger partial charge in [0.25, 0.3) is 0 Å². The lowest BCUT2D eigenvalue weighted by Crippen LogP contribution is -1.79. The van der Waals surface area contributed by atoms with E-state index in [0.29, 0.717) is 4.21 Å². The van der Waals surface area contributed by atoms with E-state index in [0.717, 1.165) is 10.4 Å². The van der Waals surface area contributed by atoms with E-state index >= 15 is 0 Å². The zero-order chi connectivity index (χ0) is 9.97. The molecule has 1 unspecified atom stereocenters. The molecule has 2 aromatic rings. The summed E-state index contributed by atoms with van der Waals surface area (Å²) in [6.07, 6.45) is 0. The highest BCUT2D eigenvalue weighted by atomic mass is 32.2. The van der Waals surface area contributed by atoms with Crippen molar-refractivity contribution in [3.63, 3.8) is 0 Å². The van der Waals surface area contributed by atoms with Gasteiger partial charge in [-0.05, 0) is 17.7 Å². The van der Waals surface area contributed by atoms with E-state index in [-0.39, 0.29) is 0 Å². The molecular weight excluding hydrogens is 216 g/mol. The van der Waals surface area contributed by atoms with Gasteiger partial charge in [0.05, 0.1) is 0 Å². The molecule has 0 fully saturated rings. The Balaban J connectivity index is 2.39. The quantitative estimate of drug-likeness (QED) is 0.796. The first-order valence-electron chi connectivity index (χ1n) is 4.03. The smallest absolute Gasteiger partial charge is 0.196 e. The van der Waals surface area contributed by atoms with Crippen LogP contribution in [0.4, 0.5) is 0 Å². The van der Waals surface area contributed by atoms with Gasteiger partial charge in [-0.2, -0.15) is 0 Å². The lowest BCUT2D eigenvalue weighted by Gasteiger charge is -1.94. The van der Waals surface area contributed by atoms with Crippen LogP contribution in [0.15, 0.2) is 46.7 Å². The number of benzene rings is 1. The summed E-state index contributed by atoms with van der Waals surface area (Å²) in [7, 11) is 0. The molecule has 1 aromatic carbocycles. The summed E-state index contributed by atoms with van der Waals surface area (Å²) in [4.78, 5) is 1.02. The predicted molar refractivity (Wildman–Crippen MR) is 58.8 cm³/mol. The molecule has 0 aliphatic carbocycles. The second kappa shape index (κ2) is 4.04. The van der Waals surface area contributed by atoms with Crippen molar-refractivity contribution in [1.29, 1.82) is 0 Å². The summed E-state index contributed by atoms with van der Waals surface area (Å²) in [5.74, 6) is 0. The zero-order valence-electron chi connectivity index (χ0n) is 7.21. The first-order valence-corrected chi connectivity index (χ1v) is 5.96. The van der Waals surface area contributed by atoms with Crippen LogP contribution in [0.2, 0.25) is 0 Å². The first kappa shape index (κ1) is 9.58. The van der Waals surface area contributed by atoms with Crippen molar-refractivity contribution in [2.75, 3.05) is 0 Å². The Morgan fingerprint density at radius 2 is 1.79 bits per heavy atom. The van der Waals surface area contributed by atoms with Gasteiger partial charge >= 0.3 is 0 Å². The van der Waals surface area contributed by atoms with Gasteiger partial charge in [-0.3, -0.25) is 0 Å². The van der Waals surface area contributed by atoms with Crippen molar-refractivity contribution in [2.45, 2.75) is 4.21 Å². The minimum atomic E-state index is -1.86.